The molecule has 3 heteroatoms. The van der Waals surface area contributed by atoms with Crippen molar-refractivity contribution in [3.8, 4) is 5.75 Å². The lowest BCUT2D eigenvalue weighted by molar-refractivity contribution is 0.475. The van der Waals surface area contributed by atoms with Crippen LogP contribution in [0.3, 0.4) is 0 Å². The number of anilines is 1. The van der Waals surface area contributed by atoms with Gasteiger partial charge in [-0.3, -0.25) is 4.99 Å². The van der Waals surface area contributed by atoms with Crippen LogP contribution in [-0.4, -0.2) is 11.3 Å². The van der Waals surface area contributed by atoms with E-state index >= 15 is 0 Å². The molecule has 0 aliphatic heterocycles. The number of aryl methyl sites for hydroxylation is 2. The van der Waals surface area contributed by atoms with Gasteiger partial charge in [-0.15, -0.1) is 0 Å². The summed E-state index contributed by atoms with van der Waals surface area (Å²) >= 11 is 0. The highest BCUT2D eigenvalue weighted by molar-refractivity contribution is 5.82. The molecule has 3 aromatic rings. The molecule has 0 saturated heterocycles. The van der Waals surface area contributed by atoms with E-state index in [4.69, 9.17) is 5.73 Å². The van der Waals surface area contributed by atoms with Crippen molar-refractivity contribution in [1.82, 2.24) is 0 Å². The summed E-state index contributed by atoms with van der Waals surface area (Å²) in [4.78, 5) is 4.62. The number of nitrogens with two attached hydrogens (primary N) is 1. The molecule has 0 heterocycles. The maximum Gasteiger partial charge on any atom is 0.116 e. The van der Waals surface area contributed by atoms with E-state index in [2.05, 4.69) is 49.2 Å². The number of hydrogen-bond donors (Lipinski definition) is 2. The molecular weight excluding hydrogens is 332 g/mol. The lowest BCUT2D eigenvalue weighted by Crippen LogP contribution is -1.96. The highest BCUT2D eigenvalue weighted by Crippen LogP contribution is 2.24. The van der Waals surface area contributed by atoms with Crippen LogP contribution in [0.5, 0.6) is 5.75 Å². The molecule has 0 radical (unpaired) electrons. The Bertz CT molecular complexity index is 960. The summed E-state index contributed by atoms with van der Waals surface area (Å²) < 4.78 is 0. The molecule has 3 nitrogen and oxygen atoms in total. The Labute approximate surface area is 161 Å². The Hall–Kier alpha value is -3.07. The van der Waals surface area contributed by atoms with E-state index < -0.39 is 0 Å². The van der Waals surface area contributed by atoms with Crippen LogP contribution in [-0.2, 0) is 19.3 Å². The van der Waals surface area contributed by atoms with Gasteiger partial charge in [0.15, 0.2) is 0 Å². The second-order valence-electron chi connectivity index (χ2n) is 6.73. The average molecular weight is 358 g/mol. The molecule has 0 spiro atoms. The molecule has 0 aromatic heterocycles. The third kappa shape index (κ3) is 4.76. The minimum atomic E-state index is 0.250. The third-order valence-corrected chi connectivity index (χ3v) is 4.74. The lowest BCUT2D eigenvalue weighted by atomic mass is 9.98. The fraction of sp³-hybridized carbons (Fsp3) is 0.208. The summed E-state index contributed by atoms with van der Waals surface area (Å²) in [5.41, 5.74) is 13.7. The Balaban J connectivity index is 1.82. The summed E-state index contributed by atoms with van der Waals surface area (Å²) in [5.74, 6) is 0.250. The zero-order valence-corrected chi connectivity index (χ0v) is 15.9. The zero-order valence-electron chi connectivity index (χ0n) is 15.9. The van der Waals surface area contributed by atoms with Crippen molar-refractivity contribution >= 4 is 17.6 Å². The van der Waals surface area contributed by atoms with Crippen LogP contribution in [0, 0.1) is 0 Å². The van der Waals surface area contributed by atoms with Crippen LogP contribution in [0.25, 0.3) is 0 Å². The number of hydrogen-bond acceptors (Lipinski definition) is 3. The maximum absolute atomic E-state index is 9.57. The predicted molar refractivity (Wildman–Crippen MR) is 114 cm³/mol. The Morgan fingerprint density at radius 3 is 2.30 bits per heavy atom. The smallest absolute Gasteiger partial charge is 0.116 e. The van der Waals surface area contributed by atoms with Gasteiger partial charge in [0.1, 0.15) is 5.75 Å². The van der Waals surface area contributed by atoms with Crippen LogP contribution >= 0.6 is 0 Å². The summed E-state index contributed by atoms with van der Waals surface area (Å²) in [6, 6.07) is 19.9. The summed E-state index contributed by atoms with van der Waals surface area (Å²) in [6.45, 7) is 4.27. The average Bonchev–Trinajstić information content (AvgIpc) is 2.68. The minimum Gasteiger partial charge on any atom is -0.508 e. The highest BCUT2D eigenvalue weighted by Gasteiger charge is 2.05. The van der Waals surface area contributed by atoms with Gasteiger partial charge in [0.05, 0.1) is 5.69 Å². The van der Waals surface area contributed by atoms with Crippen molar-refractivity contribution in [2.45, 2.75) is 33.1 Å². The summed E-state index contributed by atoms with van der Waals surface area (Å²) in [5, 5.41) is 9.57. The monoisotopic (exact) mass is 358 g/mol. The van der Waals surface area contributed by atoms with Crippen molar-refractivity contribution in [3.05, 3.63) is 88.5 Å². The second-order valence-corrected chi connectivity index (χ2v) is 6.73. The Kier molecular flexibility index (Phi) is 5.92. The van der Waals surface area contributed by atoms with Gasteiger partial charge in [-0.1, -0.05) is 50.2 Å². The van der Waals surface area contributed by atoms with Gasteiger partial charge in [0, 0.05) is 11.9 Å². The lowest BCUT2D eigenvalue weighted by Gasteiger charge is -2.10. The number of rotatable bonds is 6. The molecule has 0 fully saturated rings. The SMILES string of the molecule is CCc1cc(Cc2ccc(N=Cc3cccc(O)c3)c(CC)c2)ccc1N. The van der Waals surface area contributed by atoms with E-state index in [9.17, 15) is 5.11 Å². The first kappa shape index (κ1) is 18.7. The number of phenols is 1. The number of aromatic hydroxyl groups is 1. The van der Waals surface area contributed by atoms with Crippen molar-refractivity contribution in [3.63, 3.8) is 0 Å². The molecule has 0 aliphatic rings. The van der Waals surface area contributed by atoms with Crippen molar-refractivity contribution < 1.29 is 5.11 Å². The molecule has 0 atom stereocenters. The van der Waals surface area contributed by atoms with Gasteiger partial charge in [0.2, 0.25) is 0 Å². The molecule has 0 saturated carbocycles. The highest BCUT2D eigenvalue weighted by atomic mass is 16.3. The van der Waals surface area contributed by atoms with Crippen LogP contribution in [0.4, 0.5) is 11.4 Å². The largest absolute Gasteiger partial charge is 0.508 e. The molecule has 3 aromatic carbocycles. The van der Waals surface area contributed by atoms with Crippen molar-refractivity contribution in [2.75, 3.05) is 5.73 Å². The van der Waals surface area contributed by atoms with Gasteiger partial charge in [0.25, 0.3) is 0 Å². The van der Waals surface area contributed by atoms with Gasteiger partial charge in [-0.2, -0.15) is 0 Å². The number of benzene rings is 3. The first-order valence-electron chi connectivity index (χ1n) is 9.41. The molecular formula is C24H26N2O. The topological polar surface area (TPSA) is 58.6 Å². The Morgan fingerprint density at radius 2 is 1.59 bits per heavy atom. The molecule has 138 valence electrons. The van der Waals surface area contributed by atoms with Crippen molar-refractivity contribution in [2.24, 2.45) is 4.99 Å². The van der Waals surface area contributed by atoms with E-state index in [0.717, 1.165) is 36.2 Å². The maximum atomic E-state index is 9.57. The first-order valence-corrected chi connectivity index (χ1v) is 9.41. The number of phenolic OH excluding ortho intramolecular Hbond substituents is 1. The van der Waals surface area contributed by atoms with Gasteiger partial charge in [-0.25, -0.2) is 0 Å². The van der Waals surface area contributed by atoms with Crippen LogP contribution in [0.1, 0.15) is 41.7 Å². The van der Waals surface area contributed by atoms with E-state index in [-0.39, 0.29) is 5.75 Å². The minimum absolute atomic E-state index is 0.250. The molecule has 27 heavy (non-hydrogen) atoms. The molecule has 0 amide bonds. The quantitative estimate of drug-likeness (QED) is 0.455. The first-order chi connectivity index (χ1) is 13.1. The van der Waals surface area contributed by atoms with E-state index in [1.54, 1.807) is 18.3 Å². The molecule has 0 bridgehead atoms. The van der Waals surface area contributed by atoms with Crippen LogP contribution < -0.4 is 5.73 Å². The van der Waals surface area contributed by atoms with Gasteiger partial charge in [-0.05, 0) is 71.3 Å². The fourth-order valence-corrected chi connectivity index (χ4v) is 3.22. The molecule has 3 N–H and O–H groups in total. The third-order valence-electron chi connectivity index (χ3n) is 4.74. The van der Waals surface area contributed by atoms with E-state index in [1.807, 2.05) is 18.2 Å². The predicted octanol–water partition coefficient (Wildman–Crippen LogP) is 5.44. The van der Waals surface area contributed by atoms with Gasteiger partial charge < -0.3 is 10.8 Å². The fourth-order valence-electron chi connectivity index (χ4n) is 3.22. The standard InChI is InChI=1S/C24H26N2O/c1-3-20-13-17(8-10-23(20)25)12-18-9-11-24(21(4-2)14-18)26-16-19-6-5-7-22(27)15-19/h5-11,13-16,27H,3-4,12,25H2,1-2H3. The van der Waals surface area contributed by atoms with Crippen LogP contribution in [0.15, 0.2) is 65.7 Å². The van der Waals surface area contributed by atoms with Crippen molar-refractivity contribution in [1.29, 1.82) is 0 Å². The van der Waals surface area contributed by atoms with Gasteiger partial charge >= 0.3 is 0 Å². The summed E-state index contributed by atoms with van der Waals surface area (Å²) in [7, 11) is 0. The molecule has 3 rings (SSSR count). The number of nitrogen functional groups attached to an aromatic ring is 1. The molecule has 0 unspecified atom stereocenters. The Morgan fingerprint density at radius 1 is 0.889 bits per heavy atom. The second kappa shape index (κ2) is 8.54. The zero-order chi connectivity index (χ0) is 19.2. The van der Waals surface area contributed by atoms with E-state index in [1.165, 1.54) is 22.3 Å². The normalized spacial score (nSPS) is 11.2. The number of nitrogens with zero attached hydrogens (tertiary/aromatic N) is 1. The number of aliphatic imine (C=N–C) groups is 1. The van der Waals surface area contributed by atoms with E-state index in [0.29, 0.717) is 0 Å². The molecule has 0 aliphatic carbocycles. The van der Waals surface area contributed by atoms with Crippen LogP contribution in [0.2, 0.25) is 0 Å². The summed E-state index contributed by atoms with van der Waals surface area (Å²) in [6.07, 6.45) is 4.54.